The lowest BCUT2D eigenvalue weighted by molar-refractivity contribution is 0.0674. The molecule has 1 aromatic heterocycles. The molecule has 1 aliphatic heterocycles. The number of rotatable bonds is 5. The summed E-state index contributed by atoms with van der Waals surface area (Å²) in [6, 6.07) is 9.51. The molecule has 5 heteroatoms. The van der Waals surface area contributed by atoms with Crippen molar-refractivity contribution in [2.75, 3.05) is 20.3 Å². The number of methoxy groups -OCH3 is 1. The summed E-state index contributed by atoms with van der Waals surface area (Å²) in [5.41, 5.74) is 3.17. The SMILES string of the molecule is COCC1CN(C(=O)c2ccccc2)Cc2c1cnn2CC1CC1. The Kier molecular flexibility index (Phi) is 4.10. The topological polar surface area (TPSA) is 47.4 Å². The van der Waals surface area contributed by atoms with Crippen LogP contribution in [0.4, 0.5) is 0 Å². The molecule has 1 aromatic carbocycles. The Morgan fingerprint density at radius 1 is 1.29 bits per heavy atom. The molecule has 1 unspecified atom stereocenters. The molecule has 0 spiro atoms. The van der Waals surface area contributed by atoms with E-state index in [-0.39, 0.29) is 11.8 Å². The van der Waals surface area contributed by atoms with Gasteiger partial charge in [0, 0.05) is 37.2 Å². The van der Waals surface area contributed by atoms with Crippen LogP contribution < -0.4 is 0 Å². The number of hydrogen-bond donors (Lipinski definition) is 0. The van der Waals surface area contributed by atoms with Gasteiger partial charge in [0.15, 0.2) is 0 Å². The van der Waals surface area contributed by atoms with Crippen molar-refractivity contribution in [2.24, 2.45) is 5.92 Å². The predicted molar refractivity (Wildman–Crippen MR) is 90.8 cm³/mol. The van der Waals surface area contributed by atoms with Crippen molar-refractivity contribution in [1.82, 2.24) is 14.7 Å². The largest absolute Gasteiger partial charge is 0.384 e. The molecule has 2 aromatic rings. The Labute approximate surface area is 142 Å². The molecule has 0 radical (unpaired) electrons. The van der Waals surface area contributed by atoms with E-state index in [2.05, 4.69) is 9.78 Å². The molecule has 1 amide bonds. The average Bonchev–Trinajstić information content (AvgIpc) is 3.34. The predicted octanol–water partition coefficient (Wildman–Crippen LogP) is 2.68. The van der Waals surface area contributed by atoms with Crippen molar-refractivity contribution in [3.63, 3.8) is 0 Å². The van der Waals surface area contributed by atoms with Gasteiger partial charge in [-0.1, -0.05) is 18.2 Å². The van der Waals surface area contributed by atoms with Crippen molar-refractivity contribution in [3.8, 4) is 0 Å². The van der Waals surface area contributed by atoms with Crippen molar-refractivity contribution in [2.45, 2.75) is 31.8 Å². The molecule has 2 aliphatic rings. The molecule has 1 atom stereocenters. The highest BCUT2D eigenvalue weighted by Gasteiger charge is 2.33. The second kappa shape index (κ2) is 6.40. The first kappa shape index (κ1) is 15.4. The maximum absolute atomic E-state index is 12.9. The molecule has 2 heterocycles. The molecule has 126 valence electrons. The lowest BCUT2D eigenvalue weighted by Crippen LogP contribution is -2.40. The van der Waals surface area contributed by atoms with Crippen LogP contribution in [-0.4, -0.2) is 40.8 Å². The highest BCUT2D eigenvalue weighted by Crippen LogP contribution is 2.34. The zero-order valence-corrected chi connectivity index (χ0v) is 14.0. The standard InChI is InChI=1S/C19H23N3O2/c1-24-13-16-11-21(19(23)15-5-3-2-4-6-15)12-18-17(16)9-20-22(18)10-14-7-8-14/h2-6,9,14,16H,7-8,10-13H2,1H3. The maximum atomic E-state index is 12.9. The van der Waals surface area contributed by atoms with E-state index >= 15 is 0 Å². The van der Waals surface area contributed by atoms with Crippen LogP contribution in [0, 0.1) is 5.92 Å². The van der Waals surface area contributed by atoms with Gasteiger partial charge in [0.1, 0.15) is 0 Å². The second-order valence-corrected chi connectivity index (χ2v) is 6.88. The Morgan fingerprint density at radius 3 is 2.79 bits per heavy atom. The molecular formula is C19H23N3O2. The van der Waals surface area contributed by atoms with E-state index in [1.165, 1.54) is 24.1 Å². The number of hydrogen-bond acceptors (Lipinski definition) is 3. The summed E-state index contributed by atoms with van der Waals surface area (Å²) >= 11 is 0. The van der Waals surface area contributed by atoms with Crippen molar-refractivity contribution >= 4 is 5.91 Å². The minimum atomic E-state index is 0.0847. The summed E-state index contributed by atoms with van der Waals surface area (Å²) in [5, 5.41) is 4.60. The number of aromatic nitrogens is 2. The molecule has 24 heavy (non-hydrogen) atoms. The first-order valence-corrected chi connectivity index (χ1v) is 8.64. The monoisotopic (exact) mass is 325 g/mol. The molecular weight excluding hydrogens is 302 g/mol. The first-order chi connectivity index (χ1) is 11.8. The van der Waals surface area contributed by atoms with Gasteiger partial charge in [0.2, 0.25) is 0 Å². The van der Waals surface area contributed by atoms with Gasteiger partial charge in [-0.25, -0.2) is 0 Å². The molecule has 4 rings (SSSR count). The first-order valence-electron chi connectivity index (χ1n) is 8.64. The smallest absolute Gasteiger partial charge is 0.254 e. The number of amides is 1. The number of carbonyl (C=O) groups is 1. The van der Waals surface area contributed by atoms with Crippen LogP contribution in [0.2, 0.25) is 0 Å². The zero-order chi connectivity index (χ0) is 16.5. The molecule has 0 N–H and O–H groups in total. The number of carbonyl (C=O) groups excluding carboxylic acids is 1. The van der Waals surface area contributed by atoms with Crippen LogP contribution in [0.25, 0.3) is 0 Å². The molecule has 0 bridgehead atoms. The number of fused-ring (bicyclic) bond motifs is 1. The highest BCUT2D eigenvalue weighted by atomic mass is 16.5. The van der Waals surface area contributed by atoms with E-state index in [0.29, 0.717) is 19.7 Å². The van der Waals surface area contributed by atoms with E-state index in [9.17, 15) is 4.79 Å². The van der Waals surface area contributed by atoms with Crippen LogP contribution in [-0.2, 0) is 17.8 Å². The molecule has 1 saturated carbocycles. The molecule has 5 nitrogen and oxygen atoms in total. The van der Waals surface area contributed by atoms with E-state index < -0.39 is 0 Å². The van der Waals surface area contributed by atoms with Crippen molar-refractivity contribution in [3.05, 3.63) is 53.3 Å². The number of ether oxygens (including phenoxy) is 1. The van der Waals surface area contributed by atoms with Gasteiger partial charge < -0.3 is 9.64 Å². The van der Waals surface area contributed by atoms with Gasteiger partial charge in [0.25, 0.3) is 5.91 Å². The molecule has 1 aliphatic carbocycles. The summed E-state index contributed by atoms with van der Waals surface area (Å²) in [5.74, 6) is 1.04. The van der Waals surface area contributed by atoms with Crippen LogP contribution in [0.3, 0.4) is 0 Å². The third-order valence-corrected chi connectivity index (χ3v) is 5.01. The van der Waals surface area contributed by atoms with Gasteiger partial charge >= 0.3 is 0 Å². The van der Waals surface area contributed by atoms with E-state index in [1.807, 2.05) is 41.4 Å². The fraction of sp³-hybridized carbons (Fsp3) is 0.474. The molecule has 1 fully saturated rings. The Balaban J connectivity index is 1.62. The summed E-state index contributed by atoms with van der Waals surface area (Å²) < 4.78 is 7.51. The van der Waals surface area contributed by atoms with Crippen LogP contribution in [0.1, 0.15) is 40.4 Å². The minimum Gasteiger partial charge on any atom is -0.384 e. The number of benzene rings is 1. The maximum Gasteiger partial charge on any atom is 0.254 e. The third kappa shape index (κ3) is 2.96. The summed E-state index contributed by atoms with van der Waals surface area (Å²) in [7, 11) is 1.71. The van der Waals surface area contributed by atoms with Crippen LogP contribution >= 0.6 is 0 Å². The molecule has 0 saturated heterocycles. The Bertz CT molecular complexity index is 721. The summed E-state index contributed by atoms with van der Waals surface area (Å²) in [6.07, 6.45) is 4.57. The lowest BCUT2D eigenvalue weighted by Gasteiger charge is -2.33. The van der Waals surface area contributed by atoms with Crippen molar-refractivity contribution in [1.29, 1.82) is 0 Å². The van der Waals surface area contributed by atoms with Crippen molar-refractivity contribution < 1.29 is 9.53 Å². The summed E-state index contributed by atoms with van der Waals surface area (Å²) in [4.78, 5) is 14.8. The fourth-order valence-corrected chi connectivity index (χ4v) is 3.51. The van der Waals surface area contributed by atoms with Crippen LogP contribution in [0.15, 0.2) is 36.5 Å². The number of nitrogens with zero attached hydrogens (tertiary/aromatic N) is 3. The van der Waals surface area contributed by atoms with E-state index in [0.717, 1.165) is 18.0 Å². The zero-order valence-electron chi connectivity index (χ0n) is 14.0. The second-order valence-electron chi connectivity index (χ2n) is 6.88. The average molecular weight is 325 g/mol. The lowest BCUT2D eigenvalue weighted by atomic mass is 9.95. The Morgan fingerprint density at radius 2 is 2.08 bits per heavy atom. The minimum absolute atomic E-state index is 0.0847. The summed E-state index contributed by atoms with van der Waals surface area (Å²) in [6.45, 7) is 2.91. The van der Waals surface area contributed by atoms with E-state index in [4.69, 9.17) is 4.74 Å². The third-order valence-electron chi connectivity index (χ3n) is 5.01. The quantitative estimate of drug-likeness (QED) is 0.849. The Hall–Kier alpha value is -2.14. The van der Waals surface area contributed by atoms with Crippen LogP contribution in [0.5, 0.6) is 0 Å². The highest BCUT2D eigenvalue weighted by molar-refractivity contribution is 5.94. The van der Waals surface area contributed by atoms with Gasteiger partial charge in [0.05, 0.1) is 25.0 Å². The fourth-order valence-electron chi connectivity index (χ4n) is 3.51. The normalized spacial score (nSPS) is 20.0. The van der Waals surface area contributed by atoms with Gasteiger partial charge in [-0.05, 0) is 30.9 Å². The van der Waals surface area contributed by atoms with Gasteiger partial charge in [-0.15, -0.1) is 0 Å². The van der Waals surface area contributed by atoms with Gasteiger partial charge in [-0.3, -0.25) is 9.48 Å². The van der Waals surface area contributed by atoms with E-state index in [1.54, 1.807) is 7.11 Å². The van der Waals surface area contributed by atoms with Gasteiger partial charge in [-0.2, -0.15) is 5.10 Å².